The number of rotatable bonds is 4. The second-order valence-corrected chi connectivity index (χ2v) is 4.11. The van der Waals surface area contributed by atoms with E-state index in [0.717, 1.165) is 12.1 Å². The van der Waals surface area contributed by atoms with Gasteiger partial charge in [-0.25, -0.2) is 0 Å². The molecule has 106 valence electrons. The third-order valence-electron chi connectivity index (χ3n) is 2.52. The molecule has 0 unspecified atom stereocenters. The fourth-order valence-corrected chi connectivity index (χ4v) is 1.48. The Hall–Kier alpha value is -1.76. The number of carbonyl (C=O) groups excluding carboxylic acids is 1. The molecule has 0 radical (unpaired) electrons. The number of phenols is 1. The van der Waals surface area contributed by atoms with Gasteiger partial charge in [0.1, 0.15) is 5.75 Å². The number of hydrogen-bond donors (Lipinski definition) is 3. The number of aromatic hydroxyl groups is 1. The van der Waals surface area contributed by atoms with E-state index in [-0.39, 0.29) is 5.69 Å². The van der Waals surface area contributed by atoms with Gasteiger partial charge in [0.2, 0.25) is 5.91 Å². The molecule has 1 amide bonds. The molecular weight excluding hydrogens is 261 g/mol. The maximum atomic E-state index is 12.5. The van der Waals surface area contributed by atoms with Gasteiger partial charge in [-0.2, -0.15) is 13.2 Å². The predicted octanol–water partition coefficient (Wildman–Crippen LogP) is 2.48. The highest BCUT2D eigenvalue weighted by Crippen LogP contribution is 2.34. The standard InChI is InChI=1S/C12H15F3N2O2/c1-2-3-8(16)11(19)17-9-6-7(12(13,14)15)4-5-10(9)18/h4-6,8,18H,2-3,16H2,1H3,(H,17,19)/t8-/m1/s1. The average Bonchev–Trinajstić information content (AvgIpc) is 2.30. The van der Waals surface area contributed by atoms with E-state index < -0.39 is 29.4 Å². The lowest BCUT2D eigenvalue weighted by Crippen LogP contribution is -2.35. The Kier molecular flexibility index (Phi) is 4.77. The number of alkyl halides is 3. The molecule has 1 rings (SSSR count). The van der Waals surface area contributed by atoms with Gasteiger partial charge in [-0.15, -0.1) is 0 Å². The fourth-order valence-electron chi connectivity index (χ4n) is 1.48. The SMILES string of the molecule is CCC[C@@H](N)C(=O)Nc1cc(C(F)(F)F)ccc1O. The second-order valence-electron chi connectivity index (χ2n) is 4.11. The number of halogens is 3. The Morgan fingerprint density at radius 2 is 2.11 bits per heavy atom. The van der Waals surface area contributed by atoms with E-state index in [1.54, 1.807) is 0 Å². The minimum absolute atomic E-state index is 0.300. The van der Waals surface area contributed by atoms with Crippen molar-refractivity contribution in [1.82, 2.24) is 0 Å². The second kappa shape index (κ2) is 5.92. The van der Waals surface area contributed by atoms with Gasteiger partial charge in [0.15, 0.2) is 0 Å². The van der Waals surface area contributed by atoms with Gasteiger partial charge in [0, 0.05) is 0 Å². The summed E-state index contributed by atoms with van der Waals surface area (Å²) in [7, 11) is 0. The first-order valence-electron chi connectivity index (χ1n) is 5.72. The lowest BCUT2D eigenvalue weighted by atomic mass is 10.1. The third-order valence-corrected chi connectivity index (χ3v) is 2.52. The molecule has 0 bridgehead atoms. The van der Waals surface area contributed by atoms with Crippen molar-refractivity contribution in [2.75, 3.05) is 5.32 Å². The highest BCUT2D eigenvalue weighted by molar-refractivity contribution is 5.95. The summed E-state index contributed by atoms with van der Waals surface area (Å²) in [5.74, 6) is -1.07. The molecule has 0 aliphatic rings. The van der Waals surface area contributed by atoms with Gasteiger partial charge in [-0.05, 0) is 24.6 Å². The van der Waals surface area contributed by atoms with Crippen LogP contribution in [0.5, 0.6) is 5.75 Å². The maximum absolute atomic E-state index is 12.5. The van der Waals surface area contributed by atoms with Crippen LogP contribution in [-0.2, 0) is 11.0 Å². The Bertz CT molecular complexity index is 461. The van der Waals surface area contributed by atoms with Crippen LogP contribution in [0.25, 0.3) is 0 Å². The Morgan fingerprint density at radius 1 is 1.47 bits per heavy atom. The maximum Gasteiger partial charge on any atom is 0.416 e. The normalized spacial score (nSPS) is 13.1. The van der Waals surface area contributed by atoms with E-state index in [4.69, 9.17) is 5.73 Å². The summed E-state index contributed by atoms with van der Waals surface area (Å²) < 4.78 is 37.5. The highest BCUT2D eigenvalue weighted by atomic mass is 19.4. The average molecular weight is 276 g/mol. The molecule has 1 atom stereocenters. The monoisotopic (exact) mass is 276 g/mol. The zero-order chi connectivity index (χ0) is 14.6. The van der Waals surface area contributed by atoms with Gasteiger partial charge in [-0.1, -0.05) is 13.3 Å². The largest absolute Gasteiger partial charge is 0.506 e. The molecule has 0 heterocycles. The van der Waals surface area contributed by atoms with Crippen molar-refractivity contribution in [2.24, 2.45) is 5.73 Å². The van der Waals surface area contributed by atoms with Crippen molar-refractivity contribution in [1.29, 1.82) is 0 Å². The number of nitrogens with one attached hydrogen (secondary N) is 1. The van der Waals surface area contributed by atoms with Gasteiger partial charge >= 0.3 is 6.18 Å². The van der Waals surface area contributed by atoms with E-state index >= 15 is 0 Å². The Morgan fingerprint density at radius 3 is 2.63 bits per heavy atom. The zero-order valence-electron chi connectivity index (χ0n) is 10.3. The molecule has 7 heteroatoms. The van der Waals surface area contributed by atoms with E-state index in [1.165, 1.54) is 0 Å². The first-order chi connectivity index (χ1) is 8.75. The minimum Gasteiger partial charge on any atom is -0.506 e. The number of amides is 1. The molecule has 0 aliphatic heterocycles. The van der Waals surface area contributed by atoms with Gasteiger partial charge < -0.3 is 16.2 Å². The van der Waals surface area contributed by atoms with E-state index in [0.29, 0.717) is 18.9 Å². The van der Waals surface area contributed by atoms with Crippen molar-refractivity contribution in [3.63, 3.8) is 0 Å². The summed E-state index contributed by atoms with van der Waals surface area (Å²) >= 11 is 0. The molecule has 1 aromatic carbocycles. The molecule has 0 aromatic heterocycles. The van der Waals surface area contributed by atoms with Gasteiger partial charge in [0.05, 0.1) is 17.3 Å². The van der Waals surface area contributed by atoms with Crippen molar-refractivity contribution >= 4 is 11.6 Å². The summed E-state index contributed by atoms with van der Waals surface area (Å²) in [6.07, 6.45) is -3.46. The number of hydrogen-bond acceptors (Lipinski definition) is 3. The molecule has 0 aliphatic carbocycles. The number of anilines is 1. The van der Waals surface area contributed by atoms with Crippen molar-refractivity contribution < 1.29 is 23.1 Å². The summed E-state index contributed by atoms with van der Waals surface area (Å²) in [6.45, 7) is 1.83. The van der Waals surface area contributed by atoms with Crippen LogP contribution < -0.4 is 11.1 Å². The van der Waals surface area contributed by atoms with Crippen LogP contribution in [0.3, 0.4) is 0 Å². The summed E-state index contributed by atoms with van der Waals surface area (Å²) in [6, 6.07) is 1.46. The van der Waals surface area contributed by atoms with Crippen LogP contribution >= 0.6 is 0 Å². The molecule has 0 spiro atoms. The minimum atomic E-state index is -4.54. The molecule has 0 fully saturated rings. The van der Waals surface area contributed by atoms with Gasteiger partial charge in [-0.3, -0.25) is 4.79 Å². The van der Waals surface area contributed by atoms with Crippen LogP contribution in [0.2, 0.25) is 0 Å². The summed E-state index contributed by atoms with van der Waals surface area (Å²) in [5, 5.41) is 11.6. The third kappa shape index (κ3) is 4.13. The number of carbonyl (C=O) groups is 1. The molecule has 0 saturated heterocycles. The summed E-state index contributed by atoms with van der Waals surface area (Å²) in [4.78, 5) is 11.6. The van der Waals surface area contributed by atoms with E-state index in [1.807, 2.05) is 6.92 Å². The quantitative estimate of drug-likeness (QED) is 0.739. The van der Waals surface area contributed by atoms with Crippen molar-refractivity contribution in [2.45, 2.75) is 32.0 Å². The summed E-state index contributed by atoms with van der Waals surface area (Å²) in [5.41, 5.74) is 4.28. The van der Waals surface area contributed by atoms with Crippen LogP contribution in [0.15, 0.2) is 18.2 Å². The molecule has 0 saturated carbocycles. The topological polar surface area (TPSA) is 75.4 Å². The molecule has 19 heavy (non-hydrogen) atoms. The van der Waals surface area contributed by atoms with E-state index in [2.05, 4.69) is 5.32 Å². The first-order valence-corrected chi connectivity index (χ1v) is 5.72. The lowest BCUT2D eigenvalue weighted by Gasteiger charge is -2.14. The first kappa shape index (κ1) is 15.3. The molecule has 4 nitrogen and oxygen atoms in total. The van der Waals surface area contributed by atoms with Crippen molar-refractivity contribution in [3.8, 4) is 5.75 Å². The predicted molar refractivity (Wildman–Crippen MR) is 64.6 cm³/mol. The molecule has 4 N–H and O–H groups in total. The molecule has 1 aromatic rings. The number of benzene rings is 1. The zero-order valence-corrected chi connectivity index (χ0v) is 10.3. The lowest BCUT2D eigenvalue weighted by molar-refractivity contribution is -0.137. The smallest absolute Gasteiger partial charge is 0.416 e. The highest BCUT2D eigenvalue weighted by Gasteiger charge is 2.31. The number of phenolic OH excluding ortho intramolecular Hbond substituents is 1. The van der Waals surface area contributed by atoms with Crippen LogP contribution in [0, 0.1) is 0 Å². The molecular formula is C12H15F3N2O2. The fraction of sp³-hybridized carbons (Fsp3) is 0.417. The Labute approximate surface area is 108 Å². The van der Waals surface area contributed by atoms with E-state index in [9.17, 15) is 23.1 Å². The van der Waals surface area contributed by atoms with Crippen LogP contribution in [0.4, 0.5) is 18.9 Å². The Balaban J connectivity index is 2.92. The van der Waals surface area contributed by atoms with Gasteiger partial charge in [0.25, 0.3) is 0 Å². The van der Waals surface area contributed by atoms with Crippen molar-refractivity contribution in [3.05, 3.63) is 23.8 Å². The van der Waals surface area contributed by atoms with Crippen LogP contribution in [-0.4, -0.2) is 17.1 Å². The van der Waals surface area contributed by atoms with Crippen LogP contribution in [0.1, 0.15) is 25.3 Å². The number of nitrogens with two attached hydrogens (primary N) is 1.